The van der Waals surface area contributed by atoms with Gasteiger partial charge in [0.05, 0.1) is 13.2 Å². The molecule has 0 aliphatic carbocycles. The van der Waals surface area contributed by atoms with Gasteiger partial charge in [0.25, 0.3) is 0 Å². The standard InChI is InChI=1S/C17H23NO3/c1-4-12(19)9-15-13-7-8-18(2)10-11-5-6-14(20-3)17(21-15)16(11)13/h4-6,12-13,15,19H,1,7-10H2,2-3H3/t12-,13-,15-/m0/s1. The lowest BCUT2D eigenvalue weighted by Gasteiger charge is -2.21. The Kier molecular flexibility index (Phi) is 3.91. The van der Waals surface area contributed by atoms with Crippen molar-refractivity contribution < 1.29 is 14.6 Å². The number of aliphatic hydroxyl groups is 1. The summed E-state index contributed by atoms with van der Waals surface area (Å²) >= 11 is 0. The van der Waals surface area contributed by atoms with Crippen LogP contribution in [0.1, 0.15) is 29.9 Å². The topological polar surface area (TPSA) is 41.9 Å². The summed E-state index contributed by atoms with van der Waals surface area (Å²) < 4.78 is 11.6. The van der Waals surface area contributed by atoms with E-state index < -0.39 is 6.10 Å². The fourth-order valence-electron chi connectivity index (χ4n) is 3.47. The lowest BCUT2D eigenvalue weighted by molar-refractivity contribution is 0.115. The van der Waals surface area contributed by atoms with E-state index in [-0.39, 0.29) is 6.10 Å². The number of hydrogen-bond acceptors (Lipinski definition) is 4. The van der Waals surface area contributed by atoms with Crippen LogP contribution in [-0.4, -0.2) is 42.9 Å². The Bertz CT molecular complexity index is 543. The molecule has 0 spiro atoms. The van der Waals surface area contributed by atoms with Gasteiger partial charge in [-0.05, 0) is 31.6 Å². The molecule has 0 unspecified atom stereocenters. The van der Waals surface area contributed by atoms with Crippen molar-refractivity contribution in [2.75, 3.05) is 20.7 Å². The molecule has 0 saturated heterocycles. The zero-order valence-corrected chi connectivity index (χ0v) is 12.7. The second kappa shape index (κ2) is 5.70. The predicted octanol–water partition coefficient (Wildman–Crippen LogP) is 2.31. The summed E-state index contributed by atoms with van der Waals surface area (Å²) in [6, 6.07) is 4.12. The summed E-state index contributed by atoms with van der Waals surface area (Å²) in [6.45, 7) is 5.63. The molecule has 2 aliphatic rings. The van der Waals surface area contributed by atoms with E-state index in [1.807, 2.05) is 6.07 Å². The summed E-state index contributed by atoms with van der Waals surface area (Å²) in [7, 11) is 3.82. The SMILES string of the molecule is C=C[C@H](O)C[C@@H]1Oc2c(OC)ccc3c2[C@H]1CCN(C)C3. The maximum atomic E-state index is 9.91. The monoisotopic (exact) mass is 289 g/mol. The van der Waals surface area contributed by atoms with Gasteiger partial charge in [0.15, 0.2) is 11.5 Å². The number of nitrogens with zero attached hydrogens (tertiary/aromatic N) is 1. The summed E-state index contributed by atoms with van der Waals surface area (Å²) in [5.74, 6) is 1.99. The molecular formula is C17H23NO3. The Hall–Kier alpha value is -1.52. The molecule has 4 nitrogen and oxygen atoms in total. The van der Waals surface area contributed by atoms with Crippen molar-refractivity contribution in [1.82, 2.24) is 4.90 Å². The van der Waals surface area contributed by atoms with E-state index >= 15 is 0 Å². The minimum atomic E-state index is -0.528. The number of rotatable bonds is 4. The molecule has 0 amide bonds. The van der Waals surface area contributed by atoms with E-state index in [0.29, 0.717) is 12.3 Å². The van der Waals surface area contributed by atoms with Crippen molar-refractivity contribution in [3.8, 4) is 11.5 Å². The summed E-state index contributed by atoms with van der Waals surface area (Å²) in [5, 5.41) is 9.91. The summed E-state index contributed by atoms with van der Waals surface area (Å²) in [5.41, 5.74) is 2.59. The molecule has 0 saturated carbocycles. The quantitative estimate of drug-likeness (QED) is 0.864. The van der Waals surface area contributed by atoms with Crippen molar-refractivity contribution in [2.24, 2.45) is 0 Å². The predicted molar refractivity (Wildman–Crippen MR) is 81.9 cm³/mol. The van der Waals surface area contributed by atoms with Crippen LogP contribution in [0.4, 0.5) is 0 Å². The van der Waals surface area contributed by atoms with Gasteiger partial charge in [-0.1, -0.05) is 12.1 Å². The first-order valence-corrected chi connectivity index (χ1v) is 7.49. The number of ether oxygens (including phenoxy) is 2. The van der Waals surface area contributed by atoms with E-state index in [1.165, 1.54) is 11.1 Å². The highest BCUT2D eigenvalue weighted by atomic mass is 16.5. The lowest BCUT2D eigenvalue weighted by Crippen LogP contribution is -2.26. The molecule has 1 aromatic carbocycles. The molecule has 0 fully saturated rings. The fourth-order valence-corrected chi connectivity index (χ4v) is 3.47. The van der Waals surface area contributed by atoms with Crippen LogP contribution in [0.2, 0.25) is 0 Å². The summed E-state index contributed by atoms with van der Waals surface area (Å²) in [4.78, 5) is 2.33. The van der Waals surface area contributed by atoms with Crippen LogP contribution in [0.25, 0.3) is 0 Å². The van der Waals surface area contributed by atoms with Crippen LogP contribution in [0.3, 0.4) is 0 Å². The third-order valence-corrected chi connectivity index (χ3v) is 4.57. The Morgan fingerprint density at radius 3 is 3.10 bits per heavy atom. The zero-order chi connectivity index (χ0) is 15.0. The van der Waals surface area contributed by atoms with E-state index in [0.717, 1.165) is 31.0 Å². The maximum Gasteiger partial charge on any atom is 0.165 e. The minimum absolute atomic E-state index is 0.00505. The van der Waals surface area contributed by atoms with Gasteiger partial charge in [0.1, 0.15) is 6.10 Å². The third kappa shape index (κ3) is 2.54. The molecule has 3 atom stereocenters. The zero-order valence-electron chi connectivity index (χ0n) is 12.7. The van der Waals surface area contributed by atoms with Gasteiger partial charge in [0, 0.05) is 24.4 Å². The van der Waals surface area contributed by atoms with Crippen LogP contribution in [0.5, 0.6) is 11.5 Å². The average molecular weight is 289 g/mol. The number of benzene rings is 1. The van der Waals surface area contributed by atoms with Crippen LogP contribution in [0, 0.1) is 0 Å². The molecule has 2 aliphatic heterocycles. The highest BCUT2D eigenvalue weighted by molar-refractivity contribution is 5.56. The number of hydrogen-bond donors (Lipinski definition) is 1. The van der Waals surface area contributed by atoms with Crippen LogP contribution in [-0.2, 0) is 6.54 Å². The first-order valence-electron chi connectivity index (χ1n) is 7.49. The number of methoxy groups -OCH3 is 1. The van der Waals surface area contributed by atoms with Gasteiger partial charge in [-0.15, -0.1) is 6.58 Å². The number of aliphatic hydroxyl groups excluding tert-OH is 1. The molecule has 0 radical (unpaired) electrons. The van der Waals surface area contributed by atoms with Crippen molar-refractivity contribution in [2.45, 2.75) is 37.5 Å². The molecule has 2 heterocycles. The van der Waals surface area contributed by atoms with Gasteiger partial charge in [-0.25, -0.2) is 0 Å². The smallest absolute Gasteiger partial charge is 0.165 e. The molecule has 0 aromatic heterocycles. The van der Waals surface area contributed by atoms with Gasteiger partial charge in [0.2, 0.25) is 0 Å². The Labute approximate surface area is 126 Å². The van der Waals surface area contributed by atoms with Crippen molar-refractivity contribution in [1.29, 1.82) is 0 Å². The van der Waals surface area contributed by atoms with Crippen LogP contribution < -0.4 is 9.47 Å². The average Bonchev–Trinajstić information content (AvgIpc) is 2.74. The first-order chi connectivity index (χ1) is 10.1. The van der Waals surface area contributed by atoms with Crippen LogP contribution in [0.15, 0.2) is 24.8 Å². The third-order valence-electron chi connectivity index (χ3n) is 4.57. The largest absolute Gasteiger partial charge is 0.493 e. The maximum absolute atomic E-state index is 9.91. The highest BCUT2D eigenvalue weighted by Gasteiger charge is 2.40. The van der Waals surface area contributed by atoms with Gasteiger partial charge in [-0.3, -0.25) is 0 Å². The Balaban J connectivity index is 2.00. The molecule has 114 valence electrons. The fraction of sp³-hybridized carbons (Fsp3) is 0.529. The highest BCUT2D eigenvalue weighted by Crippen LogP contribution is 2.49. The summed E-state index contributed by atoms with van der Waals surface area (Å²) in [6.07, 6.45) is 2.66. The first kappa shape index (κ1) is 14.4. The van der Waals surface area contributed by atoms with E-state index in [4.69, 9.17) is 9.47 Å². The molecule has 0 bridgehead atoms. The van der Waals surface area contributed by atoms with Gasteiger partial charge >= 0.3 is 0 Å². The normalized spacial score (nSPS) is 25.7. The second-order valence-electron chi connectivity index (χ2n) is 6.00. The van der Waals surface area contributed by atoms with Crippen LogP contribution >= 0.6 is 0 Å². The molecule has 21 heavy (non-hydrogen) atoms. The molecule has 1 aromatic rings. The van der Waals surface area contributed by atoms with Crippen molar-refractivity contribution in [3.63, 3.8) is 0 Å². The van der Waals surface area contributed by atoms with Gasteiger partial charge < -0.3 is 19.5 Å². The molecule has 3 rings (SSSR count). The van der Waals surface area contributed by atoms with E-state index in [9.17, 15) is 5.11 Å². The molecule has 4 heteroatoms. The van der Waals surface area contributed by atoms with E-state index in [1.54, 1.807) is 13.2 Å². The molecular weight excluding hydrogens is 266 g/mol. The second-order valence-corrected chi connectivity index (χ2v) is 6.00. The Morgan fingerprint density at radius 1 is 1.57 bits per heavy atom. The lowest BCUT2D eigenvalue weighted by atomic mass is 9.87. The van der Waals surface area contributed by atoms with Gasteiger partial charge in [-0.2, -0.15) is 0 Å². The Morgan fingerprint density at radius 2 is 2.38 bits per heavy atom. The van der Waals surface area contributed by atoms with Crippen molar-refractivity contribution in [3.05, 3.63) is 35.9 Å². The molecule has 1 N–H and O–H groups in total. The van der Waals surface area contributed by atoms with E-state index in [2.05, 4.69) is 24.6 Å². The van der Waals surface area contributed by atoms with Crippen molar-refractivity contribution >= 4 is 0 Å². The minimum Gasteiger partial charge on any atom is -0.493 e.